The Morgan fingerprint density at radius 2 is 1.94 bits per heavy atom. The van der Waals surface area contributed by atoms with Gasteiger partial charge in [0.15, 0.2) is 0 Å². The maximum atomic E-state index is 13.5. The number of halogens is 3. The van der Waals surface area contributed by atoms with Gasteiger partial charge in [0.25, 0.3) is 5.91 Å². The molecular weight excluding hydrogens is 411 g/mol. The molecule has 0 spiro atoms. The third-order valence-corrected chi connectivity index (χ3v) is 5.11. The van der Waals surface area contributed by atoms with Crippen LogP contribution in [0.4, 0.5) is 18.9 Å². The van der Waals surface area contributed by atoms with E-state index in [1.165, 1.54) is 16.8 Å². The van der Waals surface area contributed by atoms with Crippen molar-refractivity contribution in [2.75, 3.05) is 5.32 Å². The number of rotatable bonds is 4. The van der Waals surface area contributed by atoms with Crippen molar-refractivity contribution in [2.24, 2.45) is 14.1 Å². The molecule has 2 atom stereocenters. The molecule has 2 unspecified atom stereocenters. The van der Waals surface area contributed by atoms with E-state index in [9.17, 15) is 18.0 Å². The lowest BCUT2D eigenvalue weighted by Gasteiger charge is -2.14. The third-order valence-electron chi connectivity index (χ3n) is 5.11. The van der Waals surface area contributed by atoms with Crippen molar-refractivity contribution in [1.82, 2.24) is 30.4 Å². The molecule has 1 amide bonds. The van der Waals surface area contributed by atoms with Crippen LogP contribution in [-0.4, -0.2) is 31.5 Å². The molecular formula is C20H22F3N7O. The SMILES string of the molecule is CC1CC(c2nn(C)cc2NC(=O)c2ccc(C(F)(F)F)c(-c3ccn(C)n3)c2)NN1. The fourth-order valence-electron chi connectivity index (χ4n) is 3.65. The molecule has 0 radical (unpaired) electrons. The van der Waals surface area contributed by atoms with Crippen molar-refractivity contribution in [3.8, 4) is 11.3 Å². The summed E-state index contributed by atoms with van der Waals surface area (Å²) in [5.41, 5.74) is 6.64. The van der Waals surface area contributed by atoms with E-state index >= 15 is 0 Å². The van der Waals surface area contributed by atoms with Gasteiger partial charge in [-0.2, -0.15) is 23.4 Å². The molecule has 3 aromatic rings. The minimum absolute atomic E-state index is 0.0920. The van der Waals surface area contributed by atoms with E-state index in [1.54, 1.807) is 31.2 Å². The summed E-state index contributed by atoms with van der Waals surface area (Å²) in [5, 5.41) is 11.3. The van der Waals surface area contributed by atoms with E-state index in [-0.39, 0.29) is 28.9 Å². The van der Waals surface area contributed by atoms with Gasteiger partial charge in [-0.15, -0.1) is 0 Å². The molecule has 0 bridgehead atoms. The Morgan fingerprint density at radius 1 is 1.16 bits per heavy atom. The topological polar surface area (TPSA) is 88.8 Å². The second-order valence-corrected chi connectivity index (χ2v) is 7.67. The van der Waals surface area contributed by atoms with Crippen LogP contribution >= 0.6 is 0 Å². The normalized spacial score (nSPS) is 19.0. The van der Waals surface area contributed by atoms with E-state index in [1.807, 2.05) is 6.92 Å². The van der Waals surface area contributed by atoms with Crippen LogP contribution in [0.2, 0.25) is 0 Å². The molecule has 2 aromatic heterocycles. The monoisotopic (exact) mass is 433 g/mol. The first kappa shape index (κ1) is 21.1. The van der Waals surface area contributed by atoms with Gasteiger partial charge in [0.2, 0.25) is 0 Å². The summed E-state index contributed by atoms with van der Waals surface area (Å²) >= 11 is 0. The van der Waals surface area contributed by atoms with Crippen LogP contribution in [0.25, 0.3) is 11.3 Å². The molecule has 0 saturated carbocycles. The highest BCUT2D eigenvalue weighted by atomic mass is 19.4. The number of hydrazine groups is 1. The fourth-order valence-corrected chi connectivity index (χ4v) is 3.65. The van der Waals surface area contributed by atoms with Crippen LogP contribution in [0.15, 0.2) is 36.7 Å². The molecule has 1 aromatic carbocycles. The number of alkyl halides is 3. The van der Waals surface area contributed by atoms with E-state index in [0.717, 1.165) is 18.6 Å². The highest BCUT2D eigenvalue weighted by molar-refractivity contribution is 6.05. The molecule has 1 aliphatic rings. The second kappa shape index (κ2) is 7.82. The van der Waals surface area contributed by atoms with E-state index in [0.29, 0.717) is 11.4 Å². The number of amides is 1. The molecule has 3 heterocycles. The number of carbonyl (C=O) groups is 1. The first-order valence-electron chi connectivity index (χ1n) is 9.69. The summed E-state index contributed by atoms with van der Waals surface area (Å²) in [5.74, 6) is -0.529. The Bertz CT molecular complexity index is 1120. The van der Waals surface area contributed by atoms with Gasteiger partial charge in [0, 0.05) is 43.7 Å². The first-order chi connectivity index (χ1) is 14.6. The van der Waals surface area contributed by atoms with Gasteiger partial charge in [-0.1, -0.05) is 0 Å². The van der Waals surface area contributed by atoms with Crippen molar-refractivity contribution in [2.45, 2.75) is 31.6 Å². The number of anilines is 1. The number of carbonyl (C=O) groups excluding carboxylic acids is 1. The highest BCUT2D eigenvalue weighted by Gasteiger charge is 2.35. The zero-order chi connectivity index (χ0) is 22.3. The maximum Gasteiger partial charge on any atom is 0.417 e. The lowest BCUT2D eigenvalue weighted by Crippen LogP contribution is -2.29. The number of hydrogen-bond acceptors (Lipinski definition) is 5. The Balaban J connectivity index is 1.66. The van der Waals surface area contributed by atoms with E-state index in [2.05, 4.69) is 26.4 Å². The van der Waals surface area contributed by atoms with Crippen molar-refractivity contribution in [1.29, 1.82) is 0 Å². The number of benzene rings is 1. The van der Waals surface area contributed by atoms with Crippen molar-refractivity contribution >= 4 is 11.6 Å². The van der Waals surface area contributed by atoms with Crippen molar-refractivity contribution in [3.63, 3.8) is 0 Å². The zero-order valence-corrected chi connectivity index (χ0v) is 17.2. The molecule has 4 rings (SSSR count). The zero-order valence-electron chi connectivity index (χ0n) is 17.2. The van der Waals surface area contributed by atoms with E-state index < -0.39 is 17.6 Å². The molecule has 164 valence electrons. The molecule has 1 fully saturated rings. The molecule has 0 aliphatic carbocycles. The average molecular weight is 433 g/mol. The summed E-state index contributed by atoms with van der Waals surface area (Å²) in [6.45, 7) is 2.02. The predicted octanol–water partition coefficient (Wildman–Crippen LogP) is 3.02. The van der Waals surface area contributed by atoms with Crippen LogP contribution in [0, 0.1) is 0 Å². The van der Waals surface area contributed by atoms with Crippen molar-refractivity contribution < 1.29 is 18.0 Å². The van der Waals surface area contributed by atoms with Crippen LogP contribution in [-0.2, 0) is 20.3 Å². The lowest BCUT2D eigenvalue weighted by molar-refractivity contribution is -0.137. The lowest BCUT2D eigenvalue weighted by atomic mass is 10.0. The molecule has 11 heteroatoms. The Hall–Kier alpha value is -3.18. The van der Waals surface area contributed by atoms with Crippen molar-refractivity contribution in [3.05, 3.63) is 53.5 Å². The number of aromatic nitrogens is 4. The molecule has 1 aliphatic heterocycles. The Kier molecular flexibility index (Phi) is 5.31. The van der Waals surface area contributed by atoms with Gasteiger partial charge in [-0.3, -0.25) is 19.6 Å². The number of nitrogens with one attached hydrogen (secondary N) is 3. The maximum absolute atomic E-state index is 13.5. The smallest absolute Gasteiger partial charge is 0.319 e. The average Bonchev–Trinajstić information content (AvgIpc) is 3.40. The quantitative estimate of drug-likeness (QED) is 0.589. The minimum atomic E-state index is -4.57. The highest BCUT2D eigenvalue weighted by Crippen LogP contribution is 2.37. The Labute approximate surface area is 176 Å². The third kappa shape index (κ3) is 4.32. The van der Waals surface area contributed by atoms with E-state index in [4.69, 9.17) is 0 Å². The van der Waals surface area contributed by atoms with Gasteiger partial charge in [-0.05, 0) is 37.6 Å². The number of nitrogens with zero attached hydrogens (tertiary/aromatic N) is 4. The summed E-state index contributed by atoms with van der Waals surface area (Å²) in [6.07, 6.45) is -0.574. The molecule has 31 heavy (non-hydrogen) atoms. The van der Waals surface area contributed by atoms with Crippen LogP contribution < -0.4 is 16.2 Å². The summed E-state index contributed by atoms with van der Waals surface area (Å²) in [4.78, 5) is 12.9. The predicted molar refractivity (Wildman–Crippen MR) is 108 cm³/mol. The standard InChI is InChI=1S/C20H22F3N7O/c1-11-8-16(26-25-11)18-17(10-30(3)28-18)24-19(31)12-4-5-14(20(21,22)23)13(9-12)15-6-7-29(2)27-15/h4-7,9-11,16,25-26H,8H2,1-3H3,(H,24,31). The number of hydrogen-bond donors (Lipinski definition) is 3. The Morgan fingerprint density at radius 3 is 2.55 bits per heavy atom. The number of aryl methyl sites for hydroxylation is 2. The van der Waals surface area contributed by atoms with Gasteiger partial charge in [0.1, 0.15) is 5.69 Å². The summed E-state index contributed by atoms with van der Waals surface area (Å²) < 4.78 is 43.6. The summed E-state index contributed by atoms with van der Waals surface area (Å²) in [7, 11) is 3.35. The van der Waals surface area contributed by atoms with Gasteiger partial charge in [0.05, 0.1) is 23.0 Å². The van der Waals surface area contributed by atoms with Gasteiger partial charge in [-0.25, -0.2) is 5.43 Å². The summed E-state index contributed by atoms with van der Waals surface area (Å²) in [6, 6.07) is 4.92. The van der Waals surface area contributed by atoms with Crippen LogP contribution in [0.5, 0.6) is 0 Å². The molecule has 8 nitrogen and oxygen atoms in total. The largest absolute Gasteiger partial charge is 0.417 e. The van der Waals surface area contributed by atoms with Crippen LogP contribution in [0.3, 0.4) is 0 Å². The second-order valence-electron chi connectivity index (χ2n) is 7.67. The van der Waals surface area contributed by atoms with Crippen LogP contribution in [0.1, 0.15) is 41.0 Å². The molecule has 3 N–H and O–H groups in total. The fraction of sp³-hybridized carbons (Fsp3) is 0.350. The first-order valence-corrected chi connectivity index (χ1v) is 9.69. The van der Waals surface area contributed by atoms with Gasteiger partial charge >= 0.3 is 6.18 Å². The minimum Gasteiger partial charge on any atom is -0.319 e. The molecule has 1 saturated heterocycles. The van der Waals surface area contributed by atoms with Gasteiger partial charge < -0.3 is 5.32 Å².